The van der Waals surface area contributed by atoms with E-state index in [-0.39, 0.29) is 0 Å². The van der Waals surface area contributed by atoms with Gasteiger partial charge in [0.25, 0.3) is 0 Å². The van der Waals surface area contributed by atoms with Gasteiger partial charge in [0, 0.05) is 18.2 Å². The van der Waals surface area contributed by atoms with E-state index in [1.165, 1.54) is 36.8 Å². The molecule has 0 amide bonds. The van der Waals surface area contributed by atoms with Crippen molar-refractivity contribution in [3.8, 4) is 0 Å². The van der Waals surface area contributed by atoms with Gasteiger partial charge in [0.15, 0.2) is 0 Å². The first-order chi connectivity index (χ1) is 8.79. The van der Waals surface area contributed by atoms with E-state index in [4.69, 9.17) is 10.5 Å². The second kappa shape index (κ2) is 4.59. The largest absolute Gasteiger partial charge is 0.501 e. The fourth-order valence-electron chi connectivity index (χ4n) is 3.20. The molecule has 0 saturated heterocycles. The average molecular weight is 245 g/mol. The Morgan fingerprint density at radius 2 is 2.06 bits per heavy atom. The third-order valence-corrected chi connectivity index (χ3v) is 4.07. The van der Waals surface area contributed by atoms with Gasteiger partial charge >= 0.3 is 0 Å². The lowest BCUT2D eigenvalue weighted by Gasteiger charge is -2.25. The smallest absolute Gasteiger partial charge is 0.220 e. The summed E-state index contributed by atoms with van der Waals surface area (Å²) < 4.78 is 5.59. The maximum absolute atomic E-state index is 5.74. The van der Waals surface area contributed by atoms with Crippen molar-refractivity contribution in [1.82, 2.24) is 9.97 Å². The van der Waals surface area contributed by atoms with Crippen molar-refractivity contribution in [2.75, 3.05) is 12.8 Å². The van der Waals surface area contributed by atoms with Gasteiger partial charge in [-0.05, 0) is 30.7 Å². The maximum atomic E-state index is 5.74. The predicted octanol–water partition coefficient (Wildman–Crippen LogP) is 2.55. The van der Waals surface area contributed by atoms with Crippen LogP contribution < -0.4 is 5.73 Å². The molecule has 4 heteroatoms. The highest BCUT2D eigenvalue weighted by Gasteiger charge is 2.30. The minimum Gasteiger partial charge on any atom is -0.501 e. The second-order valence-electron chi connectivity index (χ2n) is 5.12. The molecule has 2 aliphatic carbocycles. The summed E-state index contributed by atoms with van der Waals surface area (Å²) in [5, 5.41) is 0. The summed E-state index contributed by atoms with van der Waals surface area (Å²) in [6.45, 7) is 0. The molecule has 2 aliphatic rings. The number of aryl methyl sites for hydroxylation is 1. The van der Waals surface area contributed by atoms with Crippen LogP contribution in [0.25, 0.3) is 5.57 Å². The Morgan fingerprint density at radius 3 is 2.78 bits per heavy atom. The SMILES string of the molecule is COC1=C(C2CCCC2)c2nc(N)ncc2CC1. The zero-order valence-corrected chi connectivity index (χ0v) is 10.8. The molecule has 18 heavy (non-hydrogen) atoms. The highest BCUT2D eigenvalue weighted by molar-refractivity contribution is 5.71. The Balaban J connectivity index is 2.10. The van der Waals surface area contributed by atoms with Crippen LogP contribution in [0.1, 0.15) is 43.4 Å². The van der Waals surface area contributed by atoms with Crippen LogP contribution in [0, 0.1) is 5.92 Å². The molecule has 96 valence electrons. The van der Waals surface area contributed by atoms with Crippen LogP contribution in [-0.2, 0) is 11.2 Å². The van der Waals surface area contributed by atoms with Gasteiger partial charge in [0.1, 0.15) is 5.76 Å². The fraction of sp³-hybridized carbons (Fsp3) is 0.571. The molecule has 1 aromatic heterocycles. The highest BCUT2D eigenvalue weighted by Crippen LogP contribution is 2.42. The van der Waals surface area contributed by atoms with Crippen LogP contribution >= 0.6 is 0 Å². The lowest BCUT2D eigenvalue weighted by atomic mass is 9.85. The number of fused-ring (bicyclic) bond motifs is 1. The number of ether oxygens (including phenoxy) is 1. The van der Waals surface area contributed by atoms with Crippen LogP contribution in [0.3, 0.4) is 0 Å². The minimum absolute atomic E-state index is 0.363. The molecule has 0 aliphatic heterocycles. The minimum atomic E-state index is 0.363. The van der Waals surface area contributed by atoms with Crippen LogP contribution in [0.2, 0.25) is 0 Å². The zero-order chi connectivity index (χ0) is 12.5. The molecule has 3 rings (SSSR count). The number of nitrogen functional groups attached to an aromatic ring is 1. The van der Waals surface area contributed by atoms with Crippen molar-refractivity contribution < 1.29 is 4.74 Å². The molecule has 0 spiro atoms. The van der Waals surface area contributed by atoms with E-state index in [2.05, 4.69) is 9.97 Å². The summed E-state index contributed by atoms with van der Waals surface area (Å²) in [6, 6.07) is 0. The topological polar surface area (TPSA) is 61.0 Å². The first-order valence-electron chi connectivity index (χ1n) is 6.68. The van der Waals surface area contributed by atoms with Gasteiger partial charge in [0.05, 0.1) is 12.8 Å². The van der Waals surface area contributed by atoms with Crippen LogP contribution in [0.5, 0.6) is 0 Å². The normalized spacial score (nSPS) is 20.1. The van der Waals surface area contributed by atoms with Gasteiger partial charge in [-0.1, -0.05) is 12.8 Å². The van der Waals surface area contributed by atoms with Crippen LogP contribution in [-0.4, -0.2) is 17.1 Å². The van der Waals surface area contributed by atoms with Gasteiger partial charge in [-0.25, -0.2) is 9.97 Å². The molecule has 0 atom stereocenters. The summed E-state index contributed by atoms with van der Waals surface area (Å²) in [5.41, 5.74) is 9.29. The first-order valence-corrected chi connectivity index (χ1v) is 6.68. The van der Waals surface area contributed by atoms with E-state index in [1.807, 2.05) is 6.20 Å². The standard InChI is InChI=1S/C14H19N3O/c1-18-11-7-6-10-8-16-14(15)17-13(10)12(11)9-4-2-3-5-9/h8-9H,2-7H2,1H3,(H2,15,16,17). The van der Waals surface area contributed by atoms with Crippen molar-refractivity contribution in [2.24, 2.45) is 5.92 Å². The monoisotopic (exact) mass is 245 g/mol. The zero-order valence-electron chi connectivity index (χ0n) is 10.8. The number of anilines is 1. The number of allylic oxidation sites excluding steroid dienone is 2. The number of hydrogen-bond acceptors (Lipinski definition) is 4. The summed E-state index contributed by atoms with van der Waals surface area (Å²) in [5.74, 6) is 2.06. The fourth-order valence-corrected chi connectivity index (χ4v) is 3.20. The lowest BCUT2D eigenvalue weighted by Crippen LogP contribution is -2.15. The predicted molar refractivity (Wildman–Crippen MR) is 70.7 cm³/mol. The Kier molecular flexibility index (Phi) is 2.94. The first kappa shape index (κ1) is 11.5. The Bertz CT molecular complexity index is 490. The van der Waals surface area contributed by atoms with Crippen molar-refractivity contribution in [3.63, 3.8) is 0 Å². The van der Waals surface area contributed by atoms with E-state index in [9.17, 15) is 0 Å². The molecule has 1 saturated carbocycles. The van der Waals surface area contributed by atoms with Crippen molar-refractivity contribution >= 4 is 11.5 Å². The third kappa shape index (κ3) is 1.85. The highest BCUT2D eigenvalue weighted by atomic mass is 16.5. The van der Waals surface area contributed by atoms with Crippen molar-refractivity contribution in [2.45, 2.75) is 38.5 Å². The molecule has 1 fully saturated rings. The summed E-state index contributed by atoms with van der Waals surface area (Å²) in [4.78, 5) is 8.57. The third-order valence-electron chi connectivity index (χ3n) is 4.07. The Labute approximate surface area is 107 Å². The molecule has 0 radical (unpaired) electrons. The molecule has 2 N–H and O–H groups in total. The van der Waals surface area contributed by atoms with Gasteiger partial charge in [0.2, 0.25) is 5.95 Å². The second-order valence-corrected chi connectivity index (χ2v) is 5.12. The average Bonchev–Trinajstić information content (AvgIpc) is 2.90. The molecule has 0 bridgehead atoms. The maximum Gasteiger partial charge on any atom is 0.220 e. The molecule has 0 aromatic carbocycles. The van der Waals surface area contributed by atoms with E-state index in [1.54, 1.807) is 7.11 Å². The molecule has 1 heterocycles. The van der Waals surface area contributed by atoms with Crippen LogP contribution in [0.4, 0.5) is 5.95 Å². The number of nitrogens with zero attached hydrogens (tertiary/aromatic N) is 2. The lowest BCUT2D eigenvalue weighted by molar-refractivity contribution is 0.274. The van der Waals surface area contributed by atoms with E-state index in [0.29, 0.717) is 11.9 Å². The number of methoxy groups -OCH3 is 1. The molecular formula is C14H19N3O. The van der Waals surface area contributed by atoms with Gasteiger partial charge in [-0.3, -0.25) is 0 Å². The molecule has 4 nitrogen and oxygen atoms in total. The number of hydrogen-bond donors (Lipinski definition) is 1. The van der Waals surface area contributed by atoms with Crippen molar-refractivity contribution in [1.29, 1.82) is 0 Å². The van der Waals surface area contributed by atoms with Gasteiger partial charge in [-0.15, -0.1) is 0 Å². The summed E-state index contributed by atoms with van der Waals surface area (Å²) in [7, 11) is 1.76. The summed E-state index contributed by atoms with van der Waals surface area (Å²) in [6.07, 6.45) is 8.88. The van der Waals surface area contributed by atoms with Crippen molar-refractivity contribution in [3.05, 3.63) is 23.2 Å². The van der Waals surface area contributed by atoms with E-state index >= 15 is 0 Å². The van der Waals surface area contributed by atoms with E-state index in [0.717, 1.165) is 24.3 Å². The number of nitrogens with two attached hydrogens (primary N) is 1. The van der Waals surface area contributed by atoms with Crippen LogP contribution in [0.15, 0.2) is 12.0 Å². The van der Waals surface area contributed by atoms with Gasteiger partial charge in [-0.2, -0.15) is 0 Å². The Hall–Kier alpha value is -1.58. The Morgan fingerprint density at radius 1 is 1.28 bits per heavy atom. The number of aromatic nitrogens is 2. The quantitative estimate of drug-likeness (QED) is 0.869. The van der Waals surface area contributed by atoms with Gasteiger partial charge < -0.3 is 10.5 Å². The molecular weight excluding hydrogens is 226 g/mol. The molecule has 0 unspecified atom stereocenters. The van der Waals surface area contributed by atoms with E-state index < -0.39 is 0 Å². The summed E-state index contributed by atoms with van der Waals surface area (Å²) >= 11 is 0. The number of rotatable bonds is 2. The molecule has 1 aromatic rings.